The van der Waals surface area contributed by atoms with E-state index in [1.165, 1.54) is 10.6 Å². The number of fused-ring (bicyclic) bond motifs is 1. The quantitative estimate of drug-likeness (QED) is 0.407. The lowest BCUT2D eigenvalue weighted by Gasteiger charge is -2.35. The van der Waals surface area contributed by atoms with E-state index in [4.69, 9.17) is 23.8 Å². The number of piperidine rings is 1. The van der Waals surface area contributed by atoms with Gasteiger partial charge in [0.2, 0.25) is 0 Å². The fraction of sp³-hybridized carbons (Fsp3) is 0.273. The van der Waals surface area contributed by atoms with Crippen molar-refractivity contribution < 1.29 is 0 Å². The molecule has 7 heteroatoms. The molecule has 4 nitrogen and oxygen atoms in total. The summed E-state index contributed by atoms with van der Waals surface area (Å²) in [6.07, 6.45) is 5.97. The van der Waals surface area contributed by atoms with Crippen molar-refractivity contribution in [1.29, 1.82) is 0 Å². The molecule has 0 aliphatic carbocycles. The molecule has 0 saturated carbocycles. The summed E-state index contributed by atoms with van der Waals surface area (Å²) in [7, 11) is 0. The first-order chi connectivity index (χ1) is 14.1. The minimum absolute atomic E-state index is 0.369. The van der Waals surface area contributed by atoms with Crippen LogP contribution in [0.1, 0.15) is 12.8 Å². The first-order valence-electron chi connectivity index (χ1n) is 9.64. The van der Waals surface area contributed by atoms with Crippen molar-refractivity contribution in [2.45, 2.75) is 23.8 Å². The number of hydrogen-bond donors (Lipinski definition) is 2. The summed E-state index contributed by atoms with van der Waals surface area (Å²) in [4.78, 5) is 8.10. The second kappa shape index (κ2) is 9.20. The Morgan fingerprint density at radius 1 is 1.14 bits per heavy atom. The minimum atomic E-state index is 0.369. The average molecular weight is 443 g/mol. The molecule has 1 aromatic heterocycles. The van der Waals surface area contributed by atoms with Crippen LogP contribution in [0.25, 0.3) is 10.9 Å². The van der Waals surface area contributed by atoms with E-state index < -0.39 is 0 Å². The van der Waals surface area contributed by atoms with Crippen molar-refractivity contribution in [2.24, 2.45) is 0 Å². The smallest absolute Gasteiger partial charge is 0.170 e. The summed E-state index contributed by atoms with van der Waals surface area (Å²) in [5.74, 6) is 0. The molecule has 1 saturated heterocycles. The zero-order valence-corrected chi connectivity index (χ0v) is 18.6. The zero-order chi connectivity index (χ0) is 20.2. The normalized spacial score (nSPS) is 14.8. The first-order valence-corrected chi connectivity index (χ1v) is 11.6. The van der Waals surface area contributed by atoms with Crippen molar-refractivity contribution in [3.8, 4) is 0 Å². The number of thiocarbonyl (C=S) groups is 1. The molecule has 1 aliphatic heterocycles. The molecular formula is C22H23ClN4S2. The van der Waals surface area contributed by atoms with Crippen LogP contribution >= 0.6 is 35.6 Å². The second-order valence-electron chi connectivity index (χ2n) is 7.05. The molecule has 150 valence electrons. The molecule has 2 N–H and O–H groups in total. The Bertz CT molecular complexity index is 1000. The third kappa shape index (κ3) is 4.77. The number of rotatable bonds is 4. The molecule has 0 radical (unpaired) electrons. The lowest BCUT2D eigenvalue weighted by molar-refractivity contribution is 0.468. The Morgan fingerprint density at radius 2 is 1.90 bits per heavy atom. The predicted molar refractivity (Wildman–Crippen MR) is 130 cm³/mol. The highest BCUT2D eigenvalue weighted by Gasteiger charge is 2.21. The van der Waals surface area contributed by atoms with Gasteiger partial charge in [0, 0.05) is 47.0 Å². The van der Waals surface area contributed by atoms with Gasteiger partial charge < -0.3 is 15.5 Å². The number of hydrogen-bond acceptors (Lipinski definition) is 4. The Balaban J connectivity index is 1.35. The zero-order valence-electron chi connectivity index (χ0n) is 16.2. The number of anilines is 2. The van der Waals surface area contributed by atoms with Gasteiger partial charge in [-0.3, -0.25) is 4.98 Å². The van der Waals surface area contributed by atoms with E-state index in [9.17, 15) is 0 Å². The number of pyridine rings is 1. The van der Waals surface area contributed by atoms with Crippen molar-refractivity contribution in [2.75, 3.05) is 29.6 Å². The van der Waals surface area contributed by atoms with E-state index in [0.717, 1.165) is 42.5 Å². The molecule has 3 aromatic rings. The van der Waals surface area contributed by atoms with Crippen LogP contribution in [0.15, 0.2) is 59.6 Å². The van der Waals surface area contributed by atoms with Crippen LogP contribution in [0.2, 0.25) is 5.02 Å². The maximum absolute atomic E-state index is 6.32. The largest absolute Gasteiger partial charge is 0.371 e. The van der Waals surface area contributed by atoms with Crippen LogP contribution < -0.4 is 15.5 Å². The number of aromatic nitrogens is 1. The molecule has 4 rings (SSSR count). The number of thioether (sulfide) groups is 1. The van der Waals surface area contributed by atoms with Crippen LogP contribution in [0.3, 0.4) is 0 Å². The van der Waals surface area contributed by atoms with Gasteiger partial charge in [0.15, 0.2) is 5.11 Å². The van der Waals surface area contributed by atoms with Gasteiger partial charge in [-0.05, 0) is 67.7 Å². The van der Waals surface area contributed by atoms with E-state index in [1.807, 2.05) is 18.3 Å². The van der Waals surface area contributed by atoms with Gasteiger partial charge >= 0.3 is 0 Å². The number of benzene rings is 2. The topological polar surface area (TPSA) is 40.2 Å². The Labute approximate surface area is 186 Å². The Hall–Kier alpha value is -2.02. The van der Waals surface area contributed by atoms with E-state index in [1.54, 1.807) is 11.8 Å². The van der Waals surface area contributed by atoms with Crippen LogP contribution in [-0.4, -0.2) is 35.5 Å². The summed E-state index contributed by atoms with van der Waals surface area (Å²) in [5.41, 5.74) is 3.08. The van der Waals surface area contributed by atoms with Gasteiger partial charge in [0.1, 0.15) is 0 Å². The summed E-state index contributed by atoms with van der Waals surface area (Å²) < 4.78 is 0. The fourth-order valence-electron chi connectivity index (χ4n) is 3.69. The Kier molecular flexibility index (Phi) is 6.43. The highest BCUT2D eigenvalue weighted by molar-refractivity contribution is 7.98. The standard InChI is InChI=1S/C22H23ClN4S2/c1-29-17-7-5-15(6-8-17)25-22(28)26-16-10-13-27(14-11-16)20-9-12-24-21-18(20)3-2-4-19(21)23/h2-9,12,16H,10-11,13-14H2,1H3,(H2,25,26,28). The predicted octanol–water partition coefficient (Wildman–Crippen LogP) is 5.57. The minimum Gasteiger partial charge on any atom is -0.371 e. The van der Waals surface area contributed by atoms with Gasteiger partial charge in [0.25, 0.3) is 0 Å². The van der Waals surface area contributed by atoms with Gasteiger partial charge in [-0.15, -0.1) is 11.8 Å². The molecule has 0 unspecified atom stereocenters. The molecule has 0 bridgehead atoms. The molecule has 0 spiro atoms. The molecule has 0 atom stereocenters. The summed E-state index contributed by atoms with van der Waals surface area (Å²) in [6.45, 7) is 1.93. The average Bonchev–Trinajstić information content (AvgIpc) is 2.75. The SMILES string of the molecule is CSc1ccc(NC(=S)NC2CCN(c3ccnc4c(Cl)cccc34)CC2)cc1. The monoisotopic (exact) mass is 442 g/mol. The van der Waals surface area contributed by atoms with Crippen LogP contribution in [0.4, 0.5) is 11.4 Å². The first kappa shape index (κ1) is 20.3. The van der Waals surface area contributed by atoms with Crippen LogP contribution in [0, 0.1) is 0 Å². The highest BCUT2D eigenvalue weighted by atomic mass is 35.5. The fourth-order valence-corrected chi connectivity index (χ4v) is 4.61. The maximum atomic E-state index is 6.32. The van der Waals surface area contributed by atoms with Crippen molar-refractivity contribution in [3.63, 3.8) is 0 Å². The van der Waals surface area contributed by atoms with Crippen molar-refractivity contribution in [1.82, 2.24) is 10.3 Å². The molecule has 2 heterocycles. The van der Waals surface area contributed by atoms with E-state index in [2.05, 4.69) is 63.2 Å². The molecule has 1 fully saturated rings. The summed E-state index contributed by atoms with van der Waals surface area (Å²) in [6, 6.07) is 16.7. The van der Waals surface area contributed by atoms with E-state index in [-0.39, 0.29) is 0 Å². The van der Waals surface area contributed by atoms with Gasteiger partial charge in [-0.25, -0.2) is 0 Å². The Morgan fingerprint density at radius 3 is 2.62 bits per heavy atom. The van der Waals surface area contributed by atoms with Crippen molar-refractivity contribution >= 4 is 63.0 Å². The lowest BCUT2D eigenvalue weighted by atomic mass is 10.0. The number of para-hydroxylation sites is 1. The lowest BCUT2D eigenvalue weighted by Crippen LogP contribution is -2.46. The third-order valence-electron chi connectivity index (χ3n) is 5.22. The summed E-state index contributed by atoms with van der Waals surface area (Å²) >= 11 is 13.6. The molecular weight excluding hydrogens is 420 g/mol. The second-order valence-corrected chi connectivity index (χ2v) is 8.75. The number of nitrogens with zero attached hydrogens (tertiary/aromatic N) is 2. The van der Waals surface area contributed by atoms with Crippen LogP contribution in [0.5, 0.6) is 0 Å². The van der Waals surface area contributed by atoms with Gasteiger partial charge in [-0.1, -0.05) is 23.7 Å². The van der Waals surface area contributed by atoms with Crippen LogP contribution in [-0.2, 0) is 0 Å². The molecule has 0 amide bonds. The number of halogens is 1. The van der Waals surface area contributed by atoms with E-state index >= 15 is 0 Å². The third-order valence-corrected chi connectivity index (χ3v) is 6.49. The maximum Gasteiger partial charge on any atom is 0.170 e. The van der Waals surface area contributed by atoms with E-state index in [0.29, 0.717) is 16.2 Å². The molecule has 2 aromatic carbocycles. The highest BCUT2D eigenvalue weighted by Crippen LogP contribution is 2.31. The van der Waals surface area contributed by atoms with Crippen molar-refractivity contribution in [3.05, 3.63) is 59.8 Å². The van der Waals surface area contributed by atoms with Gasteiger partial charge in [0.05, 0.1) is 10.5 Å². The molecule has 1 aliphatic rings. The number of nitrogens with one attached hydrogen (secondary N) is 2. The summed E-state index contributed by atoms with van der Waals surface area (Å²) in [5, 5.41) is 9.25. The molecule has 29 heavy (non-hydrogen) atoms. The van der Waals surface area contributed by atoms with Gasteiger partial charge in [-0.2, -0.15) is 0 Å².